The molecule has 0 amide bonds. The topological polar surface area (TPSA) is 62.2 Å². The molecular formula is C28H27NO4. The molecule has 0 spiro atoms. The van der Waals surface area contributed by atoms with Crippen LogP contribution in [0.5, 0.6) is 5.75 Å². The van der Waals surface area contributed by atoms with Gasteiger partial charge >= 0.3 is 0 Å². The third kappa shape index (κ3) is 5.79. The van der Waals surface area contributed by atoms with E-state index in [2.05, 4.69) is 53.4 Å². The molecule has 0 aromatic heterocycles. The minimum absolute atomic E-state index is 0.000290. The molecule has 0 radical (unpaired) electrons. The first kappa shape index (κ1) is 22.6. The zero-order chi connectivity index (χ0) is 22.9. The van der Waals surface area contributed by atoms with Gasteiger partial charge in [0.05, 0.1) is 13.2 Å². The van der Waals surface area contributed by atoms with E-state index in [-0.39, 0.29) is 13.4 Å². The van der Waals surface area contributed by atoms with Crippen molar-refractivity contribution in [2.24, 2.45) is 0 Å². The second kappa shape index (κ2) is 11.3. The van der Waals surface area contributed by atoms with Crippen molar-refractivity contribution < 1.29 is 19.7 Å². The SMILES string of the molecule is OCCOc1ccc(-c2ccc(N(c3ccccc3)c3ccc(COCO)cc3)cc2)cc1. The van der Waals surface area contributed by atoms with Gasteiger partial charge in [-0.05, 0) is 65.2 Å². The van der Waals surface area contributed by atoms with Crippen LogP contribution in [0, 0.1) is 0 Å². The van der Waals surface area contributed by atoms with E-state index >= 15 is 0 Å². The monoisotopic (exact) mass is 441 g/mol. The van der Waals surface area contributed by atoms with E-state index in [9.17, 15) is 0 Å². The molecule has 0 aliphatic carbocycles. The Bertz CT molecular complexity index is 1110. The van der Waals surface area contributed by atoms with Crippen LogP contribution >= 0.6 is 0 Å². The van der Waals surface area contributed by atoms with E-state index in [1.807, 2.05) is 54.6 Å². The molecule has 2 N–H and O–H groups in total. The molecule has 0 saturated heterocycles. The van der Waals surface area contributed by atoms with Crippen molar-refractivity contribution in [2.75, 3.05) is 24.9 Å². The minimum atomic E-state index is -0.289. The maximum atomic E-state index is 8.90. The van der Waals surface area contributed by atoms with Gasteiger partial charge in [0, 0.05) is 17.1 Å². The van der Waals surface area contributed by atoms with Crippen molar-refractivity contribution in [1.29, 1.82) is 0 Å². The van der Waals surface area contributed by atoms with Crippen molar-refractivity contribution in [3.63, 3.8) is 0 Å². The van der Waals surface area contributed by atoms with E-state index in [0.29, 0.717) is 13.2 Å². The first-order chi connectivity index (χ1) is 16.3. The summed E-state index contributed by atoms with van der Waals surface area (Å²) in [6.07, 6.45) is 0. The van der Waals surface area contributed by atoms with E-state index in [0.717, 1.165) is 39.5 Å². The fourth-order valence-corrected chi connectivity index (χ4v) is 3.64. The zero-order valence-corrected chi connectivity index (χ0v) is 18.3. The quantitative estimate of drug-likeness (QED) is 0.311. The Morgan fingerprint density at radius 3 is 1.73 bits per heavy atom. The molecule has 0 aliphatic heterocycles. The Balaban J connectivity index is 1.60. The predicted octanol–water partition coefficient (Wildman–Crippen LogP) is 5.66. The molecule has 168 valence electrons. The van der Waals surface area contributed by atoms with Crippen LogP contribution in [-0.4, -0.2) is 30.2 Å². The summed E-state index contributed by atoms with van der Waals surface area (Å²) in [6, 6.07) is 34.7. The van der Waals surface area contributed by atoms with Gasteiger partial charge in [-0.1, -0.05) is 54.6 Å². The summed E-state index contributed by atoms with van der Waals surface area (Å²) in [5.41, 5.74) is 6.35. The molecule has 33 heavy (non-hydrogen) atoms. The number of hydrogen-bond acceptors (Lipinski definition) is 5. The standard InChI is InChI=1S/C28H27NO4/c30-18-19-33-28-16-10-24(11-17-28)23-8-14-27(15-9-23)29(25-4-2-1-3-5-25)26-12-6-22(7-13-26)20-32-21-31/h1-17,30-31H,18-21H2. The number of rotatable bonds is 10. The molecule has 0 unspecified atom stereocenters. The van der Waals surface area contributed by atoms with Crippen LogP contribution in [0.2, 0.25) is 0 Å². The molecule has 0 saturated carbocycles. The summed E-state index contributed by atoms with van der Waals surface area (Å²) in [5, 5.41) is 17.8. The Hall–Kier alpha value is -3.64. The van der Waals surface area contributed by atoms with Gasteiger partial charge in [-0.3, -0.25) is 0 Å². The maximum Gasteiger partial charge on any atom is 0.144 e. The zero-order valence-electron chi connectivity index (χ0n) is 18.3. The molecule has 0 fully saturated rings. The third-order valence-electron chi connectivity index (χ3n) is 5.24. The summed E-state index contributed by atoms with van der Waals surface area (Å²) in [6.45, 7) is 0.377. The van der Waals surface area contributed by atoms with Crippen LogP contribution in [0.4, 0.5) is 17.1 Å². The van der Waals surface area contributed by atoms with Crippen molar-refractivity contribution in [3.8, 4) is 16.9 Å². The Labute approximate surface area is 194 Å². The smallest absolute Gasteiger partial charge is 0.144 e. The molecule has 4 aromatic carbocycles. The van der Waals surface area contributed by atoms with Gasteiger partial charge < -0.3 is 24.6 Å². The molecule has 4 aromatic rings. The van der Waals surface area contributed by atoms with Crippen LogP contribution < -0.4 is 9.64 Å². The van der Waals surface area contributed by atoms with E-state index in [1.165, 1.54) is 0 Å². The Morgan fingerprint density at radius 1 is 0.606 bits per heavy atom. The first-order valence-corrected chi connectivity index (χ1v) is 10.9. The highest BCUT2D eigenvalue weighted by Crippen LogP contribution is 2.35. The van der Waals surface area contributed by atoms with Gasteiger partial charge in [0.1, 0.15) is 19.1 Å². The van der Waals surface area contributed by atoms with Gasteiger partial charge in [0.2, 0.25) is 0 Å². The molecule has 0 atom stereocenters. The summed E-state index contributed by atoms with van der Waals surface area (Å²) in [5.74, 6) is 0.743. The van der Waals surface area contributed by atoms with E-state index in [1.54, 1.807) is 0 Å². The lowest BCUT2D eigenvalue weighted by atomic mass is 10.0. The van der Waals surface area contributed by atoms with E-state index in [4.69, 9.17) is 19.7 Å². The number of aliphatic hydroxyl groups excluding tert-OH is 2. The highest BCUT2D eigenvalue weighted by molar-refractivity contribution is 5.78. The average Bonchev–Trinajstić information content (AvgIpc) is 2.88. The molecule has 0 aliphatic rings. The van der Waals surface area contributed by atoms with Crippen LogP contribution in [0.25, 0.3) is 11.1 Å². The van der Waals surface area contributed by atoms with Crippen molar-refractivity contribution in [3.05, 3.63) is 109 Å². The Kier molecular flexibility index (Phi) is 7.72. The van der Waals surface area contributed by atoms with Crippen LogP contribution in [0.15, 0.2) is 103 Å². The minimum Gasteiger partial charge on any atom is -0.491 e. The van der Waals surface area contributed by atoms with Crippen LogP contribution in [0.1, 0.15) is 5.56 Å². The van der Waals surface area contributed by atoms with Gasteiger partial charge in [-0.15, -0.1) is 0 Å². The molecule has 4 rings (SSSR count). The van der Waals surface area contributed by atoms with Crippen molar-refractivity contribution in [1.82, 2.24) is 0 Å². The summed E-state index contributed by atoms with van der Waals surface area (Å²) < 4.78 is 10.5. The lowest BCUT2D eigenvalue weighted by Gasteiger charge is -2.26. The van der Waals surface area contributed by atoms with Crippen molar-refractivity contribution >= 4 is 17.1 Å². The second-order valence-corrected chi connectivity index (χ2v) is 7.46. The number of para-hydroxylation sites is 1. The fourth-order valence-electron chi connectivity index (χ4n) is 3.64. The van der Waals surface area contributed by atoms with Crippen LogP contribution in [-0.2, 0) is 11.3 Å². The molecular weight excluding hydrogens is 414 g/mol. The summed E-state index contributed by atoms with van der Waals surface area (Å²) in [4.78, 5) is 2.20. The van der Waals surface area contributed by atoms with Gasteiger partial charge in [0.25, 0.3) is 0 Å². The normalized spacial score (nSPS) is 10.7. The molecule has 5 heteroatoms. The maximum absolute atomic E-state index is 8.90. The third-order valence-corrected chi connectivity index (χ3v) is 5.24. The Morgan fingerprint density at radius 2 is 1.15 bits per heavy atom. The summed E-state index contributed by atoms with van der Waals surface area (Å²) >= 11 is 0. The fraction of sp³-hybridized carbons (Fsp3) is 0.143. The number of anilines is 3. The highest BCUT2D eigenvalue weighted by atomic mass is 16.6. The summed E-state index contributed by atoms with van der Waals surface area (Å²) in [7, 11) is 0. The van der Waals surface area contributed by atoms with Gasteiger partial charge in [0.15, 0.2) is 0 Å². The van der Waals surface area contributed by atoms with Crippen molar-refractivity contribution in [2.45, 2.75) is 6.61 Å². The molecule has 0 heterocycles. The lowest BCUT2D eigenvalue weighted by Crippen LogP contribution is -2.09. The molecule has 0 bridgehead atoms. The average molecular weight is 442 g/mol. The van der Waals surface area contributed by atoms with Gasteiger partial charge in [-0.25, -0.2) is 0 Å². The number of hydrogen-bond donors (Lipinski definition) is 2. The number of nitrogens with zero attached hydrogens (tertiary/aromatic N) is 1. The van der Waals surface area contributed by atoms with E-state index < -0.39 is 0 Å². The second-order valence-electron chi connectivity index (χ2n) is 7.46. The number of benzene rings is 4. The van der Waals surface area contributed by atoms with Crippen LogP contribution in [0.3, 0.4) is 0 Å². The highest BCUT2D eigenvalue weighted by Gasteiger charge is 2.12. The largest absolute Gasteiger partial charge is 0.491 e. The lowest BCUT2D eigenvalue weighted by molar-refractivity contribution is -0.0112. The molecule has 5 nitrogen and oxygen atoms in total. The first-order valence-electron chi connectivity index (χ1n) is 10.9. The van der Waals surface area contributed by atoms with Gasteiger partial charge in [-0.2, -0.15) is 0 Å². The number of aliphatic hydroxyl groups is 2. The predicted molar refractivity (Wildman–Crippen MR) is 131 cm³/mol. The number of ether oxygens (including phenoxy) is 2.